The number of nitrogens with zero attached hydrogens (tertiary/aromatic N) is 1. The van der Waals surface area contributed by atoms with Gasteiger partial charge in [0.25, 0.3) is 0 Å². The molecule has 2 heteroatoms. The van der Waals surface area contributed by atoms with Gasteiger partial charge in [0.2, 0.25) is 0 Å². The predicted octanol–water partition coefficient (Wildman–Crippen LogP) is 3.59. The SMILES string of the molecule is Cc1ccc(C(=O)/C=C/c2cccnc2)cc1C. The van der Waals surface area contributed by atoms with Crippen LogP contribution < -0.4 is 0 Å². The molecular weight excluding hydrogens is 222 g/mol. The zero-order valence-corrected chi connectivity index (χ0v) is 10.6. The van der Waals surface area contributed by atoms with Crippen molar-refractivity contribution in [3.8, 4) is 0 Å². The summed E-state index contributed by atoms with van der Waals surface area (Å²) in [6.45, 7) is 4.05. The number of pyridine rings is 1. The molecule has 0 N–H and O–H groups in total. The van der Waals surface area contributed by atoms with Crippen LogP contribution in [0.1, 0.15) is 27.0 Å². The number of aryl methyl sites for hydroxylation is 2. The summed E-state index contributed by atoms with van der Waals surface area (Å²) in [5, 5.41) is 0. The zero-order valence-electron chi connectivity index (χ0n) is 10.6. The quantitative estimate of drug-likeness (QED) is 0.603. The van der Waals surface area contributed by atoms with Crippen LogP contribution in [0.4, 0.5) is 0 Å². The average molecular weight is 237 g/mol. The molecule has 0 spiro atoms. The predicted molar refractivity (Wildman–Crippen MR) is 73.5 cm³/mol. The molecule has 90 valence electrons. The summed E-state index contributed by atoms with van der Waals surface area (Å²) >= 11 is 0. The number of carbonyl (C=O) groups excluding carboxylic acids is 1. The van der Waals surface area contributed by atoms with E-state index in [0.29, 0.717) is 0 Å². The van der Waals surface area contributed by atoms with Crippen LogP contribution in [0.15, 0.2) is 48.8 Å². The van der Waals surface area contributed by atoms with Crippen molar-refractivity contribution in [2.75, 3.05) is 0 Å². The lowest BCUT2D eigenvalue weighted by atomic mass is 10.0. The Balaban J connectivity index is 2.17. The monoisotopic (exact) mass is 237 g/mol. The summed E-state index contributed by atoms with van der Waals surface area (Å²) in [6, 6.07) is 9.52. The topological polar surface area (TPSA) is 30.0 Å². The number of aromatic nitrogens is 1. The lowest BCUT2D eigenvalue weighted by molar-refractivity contribution is 0.104. The molecule has 18 heavy (non-hydrogen) atoms. The van der Waals surface area contributed by atoms with E-state index in [1.165, 1.54) is 5.56 Å². The summed E-state index contributed by atoms with van der Waals surface area (Å²) in [4.78, 5) is 16.0. The summed E-state index contributed by atoms with van der Waals surface area (Å²) in [5.74, 6) is 0.0157. The molecule has 1 aromatic carbocycles. The number of hydrogen-bond donors (Lipinski definition) is 0. The number of carbonyl (C=O) groups is 1. The van der Waals surface area contributed by atoms with Crippen LogP contribution in [0.5, 0.6) is 0 Å². The Hall–Kier alpha value is -2.22. The maximum absolute atomic E-state index is 12.0. The van der Waals surface area contributed by atoms with Crippen molar-refractivity contribution in [3.05, 3.63) is 71.1 Å². The fourth-order valence-corrected chi connectivity index (χ4v) is 1.64. The highest BCUT2D eigenvalue weighted by molar-refractivity contribution is 6.06. The third kappa shape index (κ3) is 2.92. The Labute approximate surface area is 107 Å². The third-order valence-electron chi connectivity index (χ3n) is 2.90. The number of ketones is 1. The number of allylic oxidation sites excluding steroid dienone is 1. The molecule has 0 radical (unpaired) electrons. The molecule has 2 nitrogen and oxygen atoms in total. The maximum Gasteiger partial charge on any atom is 0.185 e. The van der Waals surface area contributed by atoms with Gasteiger partial charge >= 0.3 is 0 Å². The smallest absolute Gasteiger partial charge is 0.185 e. The Morgan fingerprint density at radius 2 is 2.00 bits per heavy atom. The van der Waals surface area contributed by atoms with Gasteiger partial charge in [0, 0.05) is 18.0 Å². The highest BCUT2D eigenvalue weighted by Gasteiger charge is 2.02. The first-order valence-electron chi connectivity index (χ1n) is 5.86. The van der Waals surface area contributed by atoms with E-state index >= 15 is 0 Å². The van der Waals surface area contributed by atoms with Gasteiger partial charge in [0.05, 0.1) is 0 Å². The van der Waals surface area contributed by atoms with Crippen molar-refractivity contribution in [1.82, 2.24) is 4.98 Å². The fraction of sp³-hybridized carbons (Fsp3) is 0.125. The van der Waals surface area contributed by atoms with E-state index in [2.05, 4.69) is 4.98 Å². The molecular formula is C16H15NO. The molecule has 0 aliphatic heterocycles. The van der Waals surface area contributed by atoms with Crippen LogP contribution in [0.3, 0.4) is 0 Å². The molecule has 0 aliphatic carbocycles. The summed E-state index contributed by atoms with van der Waals surface area (Å²) in [7, 11) is 0. The van der Waals surface area contributed by atoms with Crippen LogP contribution in [0.2, 0.25) is 0 Å². The number of hydrogen-bond acceptors (Lipinski definition) is 2. The number of benzene rings is 1. The molecule has 0 aliphatic rings. The second kappa shape index (κ2) is 5.41. The van der Waals surface area contributed by atoms with Crippen LogP contribution in [0, 0.1) is 13.8 Å². The van der Waals surface area contributed by atoms with Crippen molar-refractivity contribution < 1.29 is 4.79 Å². The van der Waals surface area contributed by atoms with E-state index in [4.69, 9.17) is 0 Å². The van der Waals surface area contributed by atoms with Gasteiger partial charge in [-0.2, -0.15) is 0 Å². The minimum Gasteiger partial charge on any atom is -0.289 e. The van der Waals surface area contributed by atoms with Crippen molar-refractivity contribution in [2.24, 2.45) is 0 Å². The molecule has 0 fully saturated rings. The summed E-state index contributed by atoms with van der Waals surface area (Å²) < 4.78 is 0. The highest BCUT2D eigenvalue weighted by atomic mass is 16.1. The Bertz CT molecular complexity index is 585. The minimum atomic E-state index is 0.0157. The van der Waals surface area contributed by atoms with E-state index < -0.39 is 0 Å². The van der Waals surface area contributed by atoms with Crippen LogP contribution >= 0.6 is 0 Å². The lowest BCUT2D eigenvalue weighted by Crippen LogP contribution is -1.95. The summed E-state index contributed by atoms with van der Waals surface area (Å²) in [6.07, 6.45) is 6.80. The van der Waals surface area contributed by atoms with Gasteiger partial charge in [-0.25, -0.2) is 0 Å². The zero-order chi connectivity index (χ0) is 13.0. The first-order chi connectivity index (χ1) is 8.66. The van der Waals surface area contributed by atoms with E-state index in [1.807, 2.05) is 44.2 Å². The van der Waals surface area contributed by atoms with E-state index in [1.54, 1.807) is 24.5 Å². The normalized spacial score (nSPS) is 10.8. The minimum absolute atomic E-state index is 0.0157. The highest BCUT2D eigenvalue weighted by Crippen LogP contribution is 2.11. The largest absolute Gasteiger partial charge is 0.289 e. The van der Waals surface area contributed by atoms with Crippen LogP contribution in [-0.4, -0.2) is 10.8 Å². The Morgan fingerprint density at radius 3 is 2.67 bits per heavy atom. The van der Waals surface area contributed by atoms with Gasteiger partial charge in [-0.15, -0.1) is 0 Å². The standard InChI is InChI=1S/C16H15NO/c1-12-5-7-15(10-13(12)2)16(18)8-6-14-4-3-9-17-11-14/h3-11H,1-2H3/b8-6+. The summed E-state index contributed by atoms with van der Waals surface area (Å²) in [5.41, 5.74) is 3.98. The van der Waals surface area contributed by atoms with Gasteiger partial charge < -0.3 is 0 Å². The second-order valence-corrected chi connectivity index (χ2v) is 4.28. The average Bonchev–Trinajstić information content (AvgIpc) is 2.40. The van der Waals surface area contributed by atoms with Crippen molar-refractivity contribution in [1.29, 1.82) is 0 Å². The van der Waals surface area contributed by atoms with Gasteiger partial charge in [0.15, 0.2) is 5.78 Å². The van der Waals surface area contributed by atoms with Gasteiger partial charge in [0.1, 0.15) is 0 Å². The number of rotatable bonds is 3. The third-order valence-corrected chi connectivity index (χ3v) is 2.90. The van der Waals surface area contributed by atoms with Gasteiger partial charge in [-0.1, -0.05) is 18.2 Å². The van der Waals surface area contributed by atoms with Crippen LogP contribution in [0.25, 0.3) is 6.08 Å². The van der Waals surface area contributed by atoms with E-state index in [-0.39, 0.29) is 5.78 Å². The maximum atomic E-state index is 12.0. The fourth-order valence-electron chi connectivity index (χ4n) is 1.64. The Morgan fingerprint density at radius 1 is 1.17 bits per heavy atom. The molecule has 1 heterocycles. The molecule has 0 amide bonds. The molecule has 0 saturated heterocycles. The first-order valence-corrected chi connectivity index (χ1v) is 5.86. The van der Waals surface area contributed by atoms with Crippen molar-refractivity contribution in [3.63, 3.8) is 0 Å². The molecule has 2 rings (SSSR count). The van der Waals surface area contributed by atoms with E-state index in [9.17, 15) is 4.79 Å². The molecule has 1 aromatic heterocycles. The van der Waals surface area contributed by atoms with E-state index in [0.717, 1.165) is 16.7 Å². The molecule has 0 saturated carbocycles. The molecule has 2 aromatic rings. The lowest BCUT2D eigenvalue weighted by Gasteiger charge is -2.01. The molecule has 0 atom stereocenters. The first kappa shape index (κ1) is 12.2. The molecule has 0 unspecified atom stereocenters. The van der Waals surface area contributed by atoms with Crippen molar-refractivity contribution >= 4 is 11.9 Å². The molecule has 0 bridgehead atoms. The second-order valence-electron chi connectivity index (χ2n) is 4.28. The van der Waals surface area contributed by atoms with Crippen molar-refractivity contribution in [2.45, 2.75) is 13.8 Å². The van der Waals surface area contributed by atoms with Crippen LogP contribution in [-0.2, 0) is 0 Å². The van der Waals surface area contributed by atoms with Gasteiger partial charge in [-0.05, 0) is 54.8 Å². The Kier molecular flexibility index (Phi) is 3.68. The van der Waals surface area contributed by atoms with Gasteiger partial charge in [-0.3, -0.25) is 9.78 Å².